The normalized spacial score (nSPS) is 17.2. The molecule has 2 atom stereocenters. The van der Waals surface area contributed by atoms with Crippen molar-refractivity contribution in [1.82, 2.24) is 10.2 Å². The highest BCUT2D eigenvalue weighted by Gasteiger charge is 2.31. The molecule has 5 heteroatoms. The van der Waals surface area contributed by atoms with Crippen molar-refractivity contribution in [3.05, 3.63) is 93.7 Å². The van der Waals surface area contributed by atoms with Gasteiger partial charge in [0.05, 0.1) is 18.6 Å². The zero-order valence-corrected chi connectivity index (χ0v) is 17.9. The Labute approximate surface area is 181 Å². The Hall–Kier alpha value is -2.76. The van der Waals surface area contributed by atoms with Crippen molar-refractivity contribution in [2.45, 2.75) is 31.8 Å². The minimum absolute atomic E-state index is 0.0226. The maximum atomic E-state index is 12.9. The first-order chi connectivity index (χ1) is 14.6. The van der Waals surface area contributed by atoms with Gasteiger partial charge in [-0.15, -0.1) is 11.3 Å². The van der Waals surface area contributed by atoms with E-state index in [2.05, 4.69) is 33.8 Å². The molecular weight excluding hydrogens is 392 g/mol. The van der Waals surface area contributed by atoms with Crippen LogP contribution >= 0.6 is 11.3 Å². The number of hydrogen-bond acceptors (Lipinski definition) is 4. The van der Waals surface area contributed by atoms with Crippen molar-refractivity contribution >= 4 is 23.0 Å². The maximum absolute atomic E-state index is 12.9. The molecule has 0 aliphatic carbocycles. The Bertz CT molecular complexity index is 1000. The fourth-order valence-electron chi connectivity index (χ4n) is 4.13. The Morgan fingerprint density at radius 1 is 1.07 bits per heavy atom. The molecule has 0 spiro atoms. The average Bonchev–Trinajstić information content (AvgIpc) is 3.23. The van der Waals surface area contributed by atoms with Gasteiger partial charge in [0.2, 0.25) is 5.91 Å². The van der Waals surface area contributed by atoms with Crippen LogP contribution in [0.3, 0.4) is 0 Å². The number of nitrogens with one attached hydrogen (secondary N) is 1. The fourth-order valence-corrected chi connectivity index (χ4v) is 5.04. The Morgan fingerprint density at radius 3 is 2.47 bits per heavy atom. The Kier molecular flexibility index (Phi) is 6.41. The lowest BCUT2D eigenvalue weighted by atomic mass is 9.93. The van der Waals surface area contributed by atoms with Crippen molar-refractivity contribution in [2.24, 2.45) is 0 Å². The molecule has 0 saturated carbocycles. The van der Waals surface area contributed by atoms with Gasteiger partial charge in [-0.2, -0.15) is 0 Å². The number of Topliss-reactive ketones (excluding diaryl/α,β-unsaturated/α-hetero) is 1. The van der Waals surface area contributed by atoms with Gasteiger partial charge < -0.3 is 5.32 Å². The molecule has 154 valence electrons. The van der Waals surface area contributed by atoms with E-state index >= 15 is 0 Å². The average molecular weight is 419 g/mol. The SMILES string of the molecule is CC(=O)[C@H](Cc1ccccc1)NC(=O)CN1CCc2sccc2[C@H]1c1ccccc1. The second-order valence-electron chi connectivity index (χ2n) is 7.75. The van der Waals surface area contributed by atoms with Crippen LogP contribution in [-0.4, -0.2) is 35.7 Å². The smallest absolute Gasteiger partial charge is 0.234 e. The van der Waals surface area contributed by atoms with Crippen LogP contribution in [0.1, 0.15) is 34.5 Å². The predicted octanol–water partition coefficient (Wildman–Crippen LogP) is 4.01. The lowest BCUT2D eigenvalue weighted by Gasteiger charge is -2.36. The minimum atomic E-state index is -0.503. The van der Waals surface area contributed by atoms with Crippen LogP contribution in [0, 0.1) is 0 Å². The van der Waals surface area contributed by atoms with Gasteiger partial charge in [0.1, 0.15) is 0 Å². The van der Waals surface area contributed by atoms with E-state index in [0.717, 1.165) is 18.5 Å². The first-order valence-corrected chi connectivity index (χ1v) is 11.2. The van der Waals surface area contributed by atoms with Crippen molar-refractivity contribution in [3.63, 3.8) is 0 Å². The second-order valence-corrected chi connectivity index (χ2v) is 8.75. The molecule has 0 saturated heterocycles. The fraction of sp³-hybridized carbons (Fsp3) is 0.280. The van der Waals surface area contributed by atoms with Crippen molar-refractivity contribution in [3.8, 4) is 0 Å². The van der Waals surface area contributed by atoms with E-state index in [1.54, 1.807) is 18.3 Å². The highest BCUT2D eigenvalue weighted by atomic mass is 32.1. The van der Waals surface area contributed by atoms with E-state index in [-0.39, 0.29) is 24.3 Å². The summed E-state index contributed by atoms with van der Waals surface area (Å²) in [6, 6.07) is 21.9. The van der Waals surface area contributed by atoms with E-state index < -0.39 is 6.04 Å². The van der Waals surface area contributed by atoms with Gasteiger partial charge in [0.15, 0.2) is 5.78 Å². The summed E-state index contributed by atoms with van der Waals surface area (Å²) in [6.45, 7) is 2.64. The van der Waals surface area contributed by atoms with E-state index in [1.807, 2.05) is 48.5 Å². The zero-order chi connectivity index (χ0) is 20.9. The topological polar surface area (TPSA) is 49.4 Å². The zero-order valence-electron chi connectivity index (χ0n) is 17.1. The van der Waals surface area contributed by atoms with Crippen LogP contribution in [0.4, 0.5) is 0 Å². The molecule has 0 radical (unpaired) electrons. The van der Waals surface area contributed by atoms with Crippen LogP contribution in [0.25, 0.3) is 0 Å². The number of fused-ring (bicyclic) bond motifs is 1. The summed E-state index contributed by atoms with van der Waals surface area (Å²) in [5.74, 6) is -0.128. The summed E-state index contributed by atoms with van der Waals surface area (Å²) in [5, 5.41) is 5.11. The standard InChI is InChI=1S/C25H26N2O2S/c1-18(28)22(16-19-8-4-2-5-9-19)26-24(29)17-27-14-12-23-21(13-15-30-23)25(27)20-10-6-3-7-11-20/h2-11,13,15,22,25H,12,14,16-17H2,1H3,(H,26,29)/t22-,25+/m0/s1. The van der Waals surface area contributed by atoms with Gasteiger partial charge in [-0.05, 0) is 47.9 Å². The molecule has 1 amide bonds. The summed E-state index contributed by atoms with van der Waals surface area (Å²) in [4.78, 5) is 28.7. The van der Waals surface area contributed by atoms with Gasteiger partial charge >= 0.3 is 0 Å². The molecule has 4 rings (SSSR count). The van der Waals surface area contributed by atoms with Crippen molar-refractivity contribution in [2.75, 3.05) is 13.1 Å². The molecule has 4 nitrogen and oxygen atoms in total. The highest BCUT2D eigenvalue weighted by molar-refractivity contribution is 7.10. The van der Waals surface area contributed by atoms with Crippen molar-refractivity contribution < 1.29 is 9.59 Å². The molecule has 0 fully saturated rings. The quantitative estimate of drug-likeness (QED) is 0.631. The maximum Gasteiger partial charge on any atom is 0.234 e. The monoisotopic (exact) mass is 418 g/mol. The van der Waals surface area contributed by atoms with Crippen LogP contribution < -0.4 is 5.32 Å². The number of rotatable bonds is 7. The molecule has 30 heavy (non-hydrogen) atoms. The van der Waals surface area contributed by atoms with Gasteiger partial charge in [-0.3, -0.25) is 14.5 Å². The molecule has 2 aromatic carbocycles. The third-order valence-electron chi connectivity index (χ3n) is 5.64. The number of carbonyl (C=O) groups is 2. The molecule has 2 heterocycles. The molecule has 0 unspecified atom stereocenters. The molecule has 1 aromatic heterocycles. The minimum Gasteiger partial charge on any atom is -0.345 e. The molecule has 1 N–H and O–H groups in total. The number of nitrogens with zero attached hydrogens (tertiary/aromatic N) is 1. The van der Waals surface area contributed by atoms with E-state index in [0.29, 0.717) is 6.42 Å². The van der Waals surface area contributed by atoms with Gasteiger partial charge in [0, 0.05) is 11.4 Å². The summed E-state index contributed by atoms with van der Waals surface area (Å²) in [7, 11) is 0. The number of thiophene rings is 1. The number of benzene rings is 2. The summed E-state index contributed by atoms with van der Waals surface area (Å²) >= 11 is 1.79. The lowest BCUT2D eigenvalue weighted by Crippen LogP contribution is -2.48. The molecule has 1 aliphatic rings. The van der Waals surface area contributed by atoms with Gasteiger partial charge in [-0.25, -0.2) is 0 Å². The third-order valence-corrected chi connectivity index (χ3v) is 6.63. The second kappa shape index (κ2) is 9.37. The van der Waals surface area contributed by atoms with E-state index in [9.17, 15) is 9.59 Å². The lowest BCUT2D eigenvalue weighted by molar-refractivity contribution is -0.127. The summed E-state index contributed by atoms with van der Waals surface area (Å²) in [6.07, 6.45) is 1.46. The molecular formula is C25H26N2O2S. The van der Waals surface area contributed by atoms with Crippen LogP contribution in [0.5, 0.6) is 0 Å². The first-order valence-electron chi connectivity index (χ1n) is 10.3. The number of ketones is 1. The van der Waals surface area contributed by atoms with E-state index in [4.69, 9.17) is 0 Å². The summed E-state index contributed by atoms with van der Waals surface area (Å²) in [5.41, 5.74) is 3.52. The summed E-state index contributed by atoms with van der Waals surface area (Å²) < 4.78 is 0. The van der Waals surface area contributed by atoms with Crippen molar-refractivity contribution in [1.29, 1.82) is 0 Å². The van der Waals surface area contributed by atoms with Crippen LogP contribution in [0.2, 0.25) is 0 Å². The molecule has 3 aromatic rings. The molecule has 1 aliphatic heterocycles. The first kappa shape index (κ1) is 20.5. The number of amides is 1. The Morgan fingerprint density at radius 2 is 1.77 bits per heavy atom. The van der Waals surface area contributed by atoms with Gasteiger partial charge in [0.25, 0.3) is 0 Å². The van der Waals surface area contributed by atoms with Gasteiger partial charge in [-0.1, -0.05) is 60.7 Å². The number of hydrogen-bond donors (Lipinski definition) is 1. The van der Waals surface area contributed by atoms with Crippen LogP contribution in [-0.2, 0) is 22.4 Å². The highest BCUT2D eigenvalue weighted by Crippen LogP contribution is 2.37. The number of carbonyl (C=O) groups excluding carboxylic acids is 2. The molecule has 0 bridgehead atoms. The third kappa shape index (κ3) is 4.69. The van der Waals surface area contributed by atoms with Crippen LogP contribution in [0.15, 0.2) is 72.1 Å². The Balaban J connectivity index is 1.49. The largest absolute Gasteiger partial charge is 0.345 e. The predicted molar refractivity (Wildman–Crippen MR) is 121 cm³/mol. The van der Waals surface area contributed by atoms with E-state index in [1.165, 1.54) is 16.0 Å².